The van der Waals surface area contributed by atoms with Crippen LogP contribution in [0.5, 0.6) is 0 Å². The quantitative estimate of drug-likeness (QED) is 0.529. The second kappa shape index (κ2) is 7.47. The highest BCUT2D eigenvalue weighted by Gasteiger charge is 2.36. The lowest BCUT2D eigenvalue weighted by Crippen LogP contribution is -2.31. The van der Waals surface area contributed by atoms with Crippen LogP contribution in [0.25, 0.3) is 28.2 Å². The SMILES string of the molecule is O=C(C1CC1)N1CC[C@@H](Cn2c(-c3ccc(-c4ccn5ccnc5c4)cc3)n[nH]c2=O)C1. The molecule has 3 aromatic heterocycles. The molecule has 0 radical (unpaired) electrons. The molecule has 1 atom stereocenters. The minimum Gasteiger partial charge on any atom is -0.342 e. The molecule has 2 fully saturated rings. The standard InChI is InChI=1S/C24H24N6O2/c31-23(19-5-6-19)29-10-7-16(14-29)15-30-22(26-27-24(30)32)18-3-1-17(2-4-18)20-8-11-28-12-9-25-21(28)13-20/h1-4,8-9,11-13,16,19H,5-7,10,14-15H2,(H,27,32)/t16-/m1/s1. The fraction of sp³-hybridized carbons (Fsp3) is 0.333. The van der Waals surface area contributed by atoms with Gasteiger partial charge in [0.15, 0.2) is 5.82 Å². The Morgan fingerprint density at radius 3 is 2.66 bits per heavy atom. The van der Waals surface area contributed by atoms with Gasteiger partial charge in [0.1, 0.15) is 5.65 Å². The molecule has 162 valence electrons. The number of imidazole rings is 1. The molecule has 1 aliphatic heterocycles. The predicted molar refractivity (Wildman–Crippen MR) is 120 cm³/mol. The number of hydrogen-bond acceptors (Lipinski definition) is 4. The van der Waals surface area contributed by atoms with Crippen molar-refractivity contribution in [2.24, 2.45) is 11.8 Å². The Morgan fingerprint density at radius 1 is 1.03 bits per heavy atom. The summed E-state index contributed by atoms with van der Waals surface area (Å²) in [5, 5.41) is 6.89. The predicted octanol–water partition coefficient (Wildman–Crippen LogP) is 2.81. The second-order valence-corrected chi connectivity index (χ2v) is 8.86. The maximum Gasteiger partial charge on any atom is 0.343 e. The Labute approximate surface area is 184 Å². The van der Waals surface area contributed by atoms with Gasteiger partial charge in [-0.1, -0.05) is 24.3 Å². The van der Waals surface area contributed by atoms with Gasteiger partial charge in [-0.25, -0.2) is 14.9 Å². The van der Waals surface area contributed by atoms with Crippen molar-refractivity contribution in [1.29, 1.82) is 0 Å². The topological polar surface area (TPSA) is 88.3 Å². The summed E-state index contributed by atoms with van der Waals surface area (Å²) in [4.78, 5) is 31.1. The minimum absolute atomic E-state index is 0.208. The van der Waals surface area contributed by atoms with Crippen molar-refractivity contribution in [2.75, 3.05) is 13.1 Å². The van der Waals surface area contributed by atoms with Crippen molar-refractivity contribution >= 4 is 11.6 Å². The van der Waals surface area contributed by atoms with Crippen molar-refractivity contribution in [2.45, 2.75) is 25.8 Å². The average Bonchev–Trinajstić information content (AvgIpc) is 3.21. The molecule has 8 nitrogen and oxygen atoms in total. The van der Waals surface area contributed by atoms with E-state index in [1.807, 2.05) is 52.0 Å². The molecule has 6 rings (SSSR count). The van der Waals surface area contributed by atoms with Gasteiger partial charge < -0.3 is 9.30 Å². The first-order valence-electron chi connectivity index (χ1n) is 11.1. The summed E-state index contributed by atoms with van der Waals surface area (Å²) in [6.07, 6.45) is 8.67. The van der Waals surface area contributed by atoms with Crippen LogP contribution >= 0.6 is 0 Å². The summed E-state index contributed by atoms with van der Waals surface area (Å²) in [6.45, 7) is 2.08. The molecule has 1 aliphatic carbocycles. The number of benzene rings is 1. The Hall–Kier alpha value is -3.68. The van der Waals surface area contributed by atoms with E-state index in [-0.39, 0.29) is 23.4 Å². The van der Waals surface area contributed by atoms with E-state index in [0.29, 0.717) is 12.4 Å². The van der Waals surface area contributed by atoms with Crippen LogP contribution in [0.15, 0.2) is 59.8 Å². The summed E-state index contributed by atoms with van der Waals surface area (Å²) < 4.78 is 3.68. The normalized spacial score (nSPS) is 18.5. The molecule has 4 aromatic rings. The minimum atomic E-state index is -0.208. The highest BCUT2D eigenvalue weighted by Crippen LogP contribution is 2.33. The van der Waals surface area contributed by atoms with Crippen molar-refractivity contribution in [3.8, 4) is 22.5 Å². The van der Waals surface area contributed by atoms with Crippen molar-refractivity contribution < 1.29 is 4.79 Å². The Bertz CT molecular complexity index is 1340. The number of nitrogens with zero attached hydrogens (tertiary/aromatic N) is 5. The van der Waals surface area contributed by atoms with Crippen LogP contribution in [0.2, 0.25) is 0 Å². The highest BCUT2D eigenvalue weighted by atomic mass is 16.2. The number of amides is 1. The van der Waals surface area contributed by atoms with E-state index < -0.39 is 0 Å². The van der Waals surface area contributed by atoms with Gasteiger partial charge in [-0.2, -0.15) is 5.10 Å². The van der Waals surface area contributed by atoms with Crippen molar-refractivity contribution in [3.63, 3.8) is 0 Å². The largest absolute Gasteiger partial charge is 0.343 e. The van der Waals surface area contributed by atoms with E-state index in [0.717, 1.165) is 54.7 Å². The lowest BCUT2D eigenvalue weighted by Gasteiger charge is -2.16. The first-order chi connectivity index (χ1) is 15.7. The average molecular weight is 428 g/mol. The van der Waals surface area contributed by atoms with Gasteiger partial charge in [0, 0.05) is 49.7 Å². The van der Waals surface area contributed by atoms with Crippen LogP contribution in [0.1, 0.15) is 19.3 Å². The van der Waals surface area contributed by atoms with Crippen LogP contribution in [-0.2, 0) is 11.3 Å². The molecule has 1 amide bonds. The first kappa shape index (κ1) is 19.0. The van der Waals surface area contributed by atoms with Crippen LogP contribution in [0, 0.1) is 11.8 Å². The van der Waals surface area contributed by atoms with Gasteiger partial charge in [0.25, 0.3) is 0 Å². The zero-order valence-corrected chi connectivity index (χ0v) is 17.6. The van der Waals surface area contributed by atoms with E-state index in [2.05, 4.69) is 21.2 Å². The van der Waals surface area contributed by atoms with E-state index in [9.17, 15) is 9.59 Å². The summed E-state index contributed by atoms with van der Waals surface area (Å²) in [5.41, 5.74) is 3.74. The number of fused-ring (bicyclic) bond motifs is 1. The number of rotatable bonds is 5. The fourth-order valence-corrected chi connectivity index (χ4v) is 4.64. The molecule has 0 spiro atoms. The van der Waals surface area contributed by atoms with E-state index >= 15 is 0 Å². The van der Waals surface area contributed by atoms with Gasteiger partial charge in [0.2, 0.25) is 5.91 Å². The third kappa shape index (κ3) is 3.41. The van der Waals surface area contributed by atoms with Gasteiger partial charge in [0.05, 0.1) is 0 Å². The molecular formula is C24H24N6O2. The maximum atomic E-state index is 12.5. The van der Waals surface area contributed by atoms with Crippen LogP contribution in [-0.4, -0.2) is 48.0 Å². The number of carbonyl (C=O) groups is 1. The molecule has 1 N–H and O–H groups in total. The van der Waals surface area contributed by atoms with E-state index in [1.165, 1.54) is 0 Å². The zero-order chi connectivity index (χ0) is 21.7. The van der Waals surface area contributed by atoms with Crippen LogP contribution in [0.4, 0.5) is 0 Å². The van der Waals surface area contributed by atoms with Gasteiger partial charge in [-0.3, -0.25) is 9.36 Å². The lowest BCUT2D eigenvalue weighted by atomic mass is 10.0. The number of aromatic nitrogens is 5. The number of H-pyrrole nitrogens is 1. The fourth-order valence-electron chi connectivity index (χ4n) is 4.64. The third-order valence-electron chi connectivity index (χ3n) is 6.60. The number of pyridine rings is 1. The summed E-state index contributed by atoms with van der Waals surface area (Å²) >= 11 is 0. The molecule has 1 aromatic carbocycles. The number of carbonyl (C=O) groups excluding carboxylic acids is 1. The third-order valence-corrected chi connectivity index (χ3v) is 6.60. The second-order valence-electron chi connectivity index (χ2n) is 8.86. The van der Waals surface area contributed by atoms with Gasteiger partial charge in [-0.15, -0.1) is 0 Å². The highest BCUT2D eigenvalue weighted by molar-refractivity contribution is 5.81. The first-order valence-corrected chi connectivity index (χ1v) is 11.1. The molecule has 1 saturated heterocycles. The number of hydrogen-bond donors (Lipinski definition) is 1. The van der Waals surface area contributed by atoms with Crippen LogP contribution in [0.3, 0.4) is 0 Å². The number of nitrogens with one attached hydrogen (secondary N) is 1. The Kier molecular flexibility index (Phi) is 4.45. The van der Waals surface area contributed by atoms with Crippen molar-refractivity contribution in [3.05, 3.63) is 65.5 Å². The Balaban J connectivity index is 1.22. The van der Waals surface area contributed by atoms with Crippen molar-refractivity contribution in [1.82, 2.24) is 29.0 Å². The molecule has 0 unspecified atom stereocenters. The molecule has 4 heterocycles. The van der Waals surface area contributed by atoms with Gasteiger partial charge in [-0.05, 0) is 48.4 Å². The summed E-state index contributed by atoms with van der Waals surface area (Å²) in [6, 6.07) is 12.2. The lowest BCUT2D eigenvalue weighted by molar-refractivity contribution is -0.131. The summed E-state index contributed by atoms with van der Waals surface area (Å²) in [5.74, 6) is 1.44. The summed E-state index contributed by atoms with van der Waals surface area (Å²) in [7, 11) is 0. The Morgan fingerprint density at radius 2 is 1.84 bits per heavy atom. The maximum absolute atomic E-state index is 12.5. The molecule has 2 aliphatic rings. The molecular weight excluding hydrogens is 404 g/mol. The molecule has 1 saturated carbocycles. The zero-order valence-electron chi connectivity index (χ0n) is 17.6. The molecule has 32 heavy (non-hydrogen) atoms. The number of likely N-dealkylation sites (tertiary alicyclic amines) is 1. The van der Waals surface area contributed by atoms with E-state index in [4.69, 9.17) is 0 Å². The van der Waals surface area contributed by atoms with Crippen LogP contribution < -0.4 is 5.69 Å². The van der Waals surface area contributed by atoms with E-state index in [1.54, 1.807) is 10.8 Å². The monoisotopic (exact) mass is 428 g/mol. The van der Waals surface area contributed by atoms with Gasteiger partial charge >= 0.3 is 5.69 Å². The number of aromatic amines is 1. The smallest absolute Gasteiger partial charge is 0.342 e. The molecule has 8 heteroatoms. The molecule has 0 bridgehead atoms.